The van der Waals surface area contributed by atoms with E-state index < -0.39 is 13.1 Å². The summed E-state index contributed by atoms with van der Waals surface area (Å²) in [4.78, 5) is 17.2. The molecular formula is C7H7Cl2O3P. The van der Waals surface area contributed by atoms with Crippen LogP contribution in [0.1, 0.15) is 5.56 Å². The van der Waals surface area contributed by atoms with Crippen LogP contribution in [0, 0.1) is 0 Å². The van der Waals surface area contributed by atoms with Crippen LogP contribution in [0.5, 0.6) is 0 Å². The van der Waals surface area contributed by atoms with Crippen molar-refractivity contribution in [3.8, 4) is 0 Å². The van der Waals surface area contributed by atoms with E-state index in [1.807, 2.05) is 0 Å². The van der Waals surface area contributed by atoms with Crippen molar-refractivity contribution in [2.75, 3.05) is 0 Å². The van der Waals surface area contributed by atoms with E-state index in [4.69, 9.17) is 33.0 Å². The Morgan fingerprint density at radius 3 is 2.15 bits per heavy atom. The Labute approximate surface area is 86.9 Å². The van der Waals surface area contributed by atoms with Gasteiger partial charge in [0.2, 0.25) is 0 Å². The van der Waals surface area contributed by atoms with Gasteiger partial charge in [0, 0.05) is 5.56 Å². The molecule has 0 bridgehead atoms. The third-order valence-corrected chi connectivity index (χ3v) is 2.55. The highest BCUT2D eigenvalue weighted by atomic mass is 35.5. The van der Waals surface area contributed by atoms with Gasteiger partial charge in [0.05, 0.1) is 0 Å². The fraction of sp³-hybridized carbons (Fsp3) is 0.143. The fourth-order valence-electron chi connectivity index (χ4n) is 0.787. The number of alkyl halides is 2. The Kier molecular flexibility index (Phi) is 3.92. The molecule has 0 radical (unpaired) electrons. The molecule has 1 aromatic rings. The molecule has 0 spiro atoms. The molecule has 0 saturated carbocycles. The molecule has 0 amide bonds. The van der Waals surface area contributed by atoms with Crippen molar-refractivity contribution < 1.29 is 14.3 Å². The lowest BCUT2D eigenvalue weighted by Crippen LogP contribution is -2.12. The van der Waals surface area contributed by atoms with Crippen LogP contribution < -0.4 is 0 Å². The van der Waals surface area contributed by atoms with Crippen LogP contribution in [0.15, 0.2) is 30.3 Å². The van der Waals surface area contributed by atoms with Crippen LogP contribution in [0.4, 0.5) is 0 Å². The summed E-state index contributed by atoms with van der Waals surface area (Å²) in [6.07, 6.45) is 0. The second-order valence-corrected chi connectivity index (χ2v) is 4.17. The maximum Gasteiger partial charge on any atom is 0.330 e. The molecule has 0 aliphatic carbocycles. The van der Waals surface area contributed by atoms with Gasteiger partial charge in [-0.25, -0.2) is 0 Å². The summed E-state index contributed by atoms with van der Waals surface area (Å²) in [7, 11) is -2.58. The normalized spacial score (nSPS) is 12.1. The number of hydrogen-bond donors (Lipinski definition) is 2. The molecule has 0 aliphatic rings. The van der Waals surface area contributed by atoms with Crippen LogP contribution in [0.2, 0.25) is 0 Å². The van der Waals surface area contributed by atoms with Crippen LogP contribution >= 0.6 is 31.8 Å². The Bertz CT molecular complexity index is 266. The summed E-state index contributed by atoms with van der Waals surface area (Å²) in [5.41, 5.74) is 0.453. The van der Waals surface area contributed by atoms with Gasteiger partial charge in [0.25, 0.3) is 4.52 Å². The highest BCUT2D eigenvalue weighted by Gasteiger charge is 2.30. The van der Waals surface area contributed by atoms with E-state index >= 15 is 0 Å². The van der Waals surface area contributed by atoms with Crippen LogP contribution in [0.25, 0.3) is 0 Å². The lowest BCUT2D eigenvalue weighted by atomic mass is 10.2. The van der Waals surface area contributed by atoms with Crippen molar-refractivity contribution in [2.24, 2.45) is 0 Å². The van der Waals surface area contributed by atoms with Gasteiger partial charge in [-0.15, -0.1) is 0 Å². The molecule has 1 rings (SSSR count). The topological polar surface area (TPSA) is 49.7 Å². The molecule has 13 heavy (non-hydrogen) atoms. The minimum atomic E-state index is -2.58. The van der Waals surface area contributed by atoms with Gasteiger partial charge in [0.1, 0.15) is 0 Å². The van der Waals surface area contributed by atoms with E-state index in [0.29, 0.717) is 5.56 Å². The quantitative estimate of drug-likeness (QED) is 0.631. The number of benzene rings is 1. The van der Waals surface area contributed by atoms with Crippen molar-refractivity contribution in [1.29, 1.82) is 0 Å². The second kappa shape index (κ2) is 4.56. The molecule has 72 valence electrons. The summed E-state index contributed by atoms with van der Waals surface area (Å²) in [6.45, 7) is 0. The Morgan fingerprint density at radius 1 is 1.15 bits per heavy atom. The minimum Gasteiger partial charge on any atom is -0.328 e. The molecule has 3 nitrogen and oxygen atoms in total. The molecule has 2 N–H and O–H groups in total. The van der Waals surface area contributed by atoms with Gasteiger partial charge in [-0.1, -0.05) is 53.5 Å². The molecular weight excluding hydrogens is 234 g/mol. The Morgan fingerprint density at radius 2 is 1.69 bits per heavy atom. The number of rotatable bonds is 3. The van der Waals surface area contributed by atoms with Crippen molar-refractivity contribution in [2.45, 2.75) is 4.52 Å². The molecule has 0 unspecified atom stereocenters. The average Bonchev–Trinajstić information content (AvgIpc) is 2.04. The zero-order chi connectivity index (χ0) is 9.90. The smallest absolute Gasteiger partial charge is 0.328 e. The maximum absolute atomic E-state index is 8.58. The number of halogens is 2. The van der Waals surface area contributed by atoms with Gasteiger partial charge in [-0.3, -0.25) is 4.52 Å². The maximum atomic E-state index is 8.58. The first-order valence-corrected chi connectivity index (χ1v) is 5.25. The highest BCUT2D eigenvalue weighted by molar-refractivity contribution is 7.39. The predicted molar refractivity (Wildman–Crippen MR) is 52.3 cm³/mol. The average molecular weight is 241 g/mol. The Hall–Kier alpha value is 0.110. The Balaban J connectivity index is 2.81. The van der Waals surface area contributed by atoms with Gasteiger partial charge in [0.15, 0.2) is 0 Å². The monoisotopic (exact) mass is 240 g/mol. The summed E-state index contributed by atoms with van der Waals surface area (Å²) in [5.74, 6) is 0. The molecule has 0 fully saturated rings. The highest BCUT2D eigenvalue weighted by Crippen LogP contribution is 2.44. The first-order chi connectivity index (χ1) is 6.02. The van der Waals surface area contributed by atoms with E-state index in [1.165, 1.54) is 0 Å². The first kappa shape index (κ1) is 11.2. The van der Waals surface area contributed by atoms with Crippen molar-refractivity contribution >= 4 is 31.8 Å². The molecule has 0 atom stereocenters. The fourth-order valence-corrected chi connectivity index (χ4v) is 1.72. The molecule has 1 aromatic carbocycles. The van der Waals surface area contributed by atoms with E-state index in [1.54, 1.807) is 30.3 Å². The summed E-state index contributed by atoms with van der Waals surface area (Å²) in [5, 5.41) is 0. The minimum absolute atomic E-state index is 0.453. The van der Waals surface area contributed by atoms with Crippen LogP contribution in [0.3, 0.4) is 0 Å². The SMILES string of the molecule is OP(O)OC(Cl)(Cl)c1ccccc1. The standard InChI is InChI=1S/C7H7Cl2O3P/c8-7(9,12-13(10)11)6-4-2-1-3-5-6/h1-5,10-11H. The van der Waals surface area contributed by atoms with Gasteiger partial charge in [-0.2, -0.15) is 0 Å². The van der Waals surface area contributed by atoms with E-state index in [9.17, 15) is 0 Å². The third-order valence-electron chi connectivity index (χ3n) is 1.31. The molecule has 0 aromatic heterocycles. The van der Waals surface area contributed by atoms with E-state index in [-0.39, 0.29) is 0 Å². The lowest BCUT2D eigenvalue weighted by molar-refractivity contribution is 0.203. The molecule has 0 heterocycles. The van der Waals surface area contributed by atoms with E-state index in [0.717, 1.165) is 0 Å². The zero-order valence-corrected chi connectivity index (χ0v) is 8.80. The largest absolute Gasteiger partial charge is 0.330 e. The lowest BCUT2D eigenvalue weighted by Gasteiger charge is -2.19. The van der Waals surface area contributed by atoms with Gasteiger partial charge >= 0.3 is 8.60 Å². The zero-order valence-electron chi connectivity index (χ0n) is 6.39. The summed E-state index contributed by atoms with van der Waals surface area (Å²) >= 11 is 11.4. The van der Waals surface area contributed by atoms with Crippen LogP contribution in [-0.4, -0.2) is 9.79 Å². The number of hydrogen-bond acceptors (Lipinski definition) is 3. The van der Waals surface area contributed by atoms with Crippen molar-refractivity contribution in [1.82, 2.24) is 0 Å². The third kappa shape index (κ3) is 3.39. The van der Waals surface area contributed by atoms with Crippen molar-refractivity contribution in [3.63, 3.8) is 0 Å². The molecule has 6 heteroatoms. The second-order valence-electron chi connectivity index (χ2n) is 2.23. The summed E-state index contributed by atoms with van der Waals surface area (Å²) < 4.78 is 2.82. The van der Waals surface area contributed by atoms with Crippen LogP contribution in [-0.2, 0) is 9.04 Å². The first-order valence-electron chi connectivity index (χ1n) is 3.33. The van der Waals surface area contributed by atoms with E-state index in [2.05, 4.69) is 4.52 Å². The summed E-state index contributed by atoms with van der Waals surface area (Å²) in [6, 6.07) is 8.47. The molecule has 0 saturated heterocycles. The van der Waals surface area contributed by atoms with Gasteiger partial charge < -0.3 is 9.79 Å². The molecule has 0 aliphatic heterocycles. The van der Waals surface area contributed by atoms with Gasteiger partial charge in [-0.05, 0) is 0 Å². The predicted octanol–water partition coefficient (Wildman–Crippen LogP) is 2.50. The van der Waals surface area contributed by atoms with Crippen molar-refractivity contribution in [3.05, 3.63) is 35.9 Å².